The summed E-state index contributed by atoms with van der Waals surface area (Å²) in [5.41, 5.74) is 0.824. The number of benzene rings is 1. The standard InChI is InChI=1S/C27H25F3N2O3/c1-15(2)17-8-10-18(11-9-17)23-22(24(33)19-6-4-16(3)5-7-19)25(34)26(35)32(23)21-13-12-20(14-31-21)27(28,29)30/h4,6-16,23,34H,5H2,1-3H3. The van der Waals surface area contributed by atoms with Crippen LogP contribution in [0.1, 0.15) is 55.8 Å². The van der Waals surface area contributed by atoms with Gasteiger partial charge < -0.3 is 5.11 Å². The molecule has 8 heteroatoms. The molecule has 0 saturated carbocycles. The highest BCUT2D eigenvalue weighted by atomic mass is 19.4. The Hall–Kier alpha value is -3.68. The van der Waals surface area contributed by atoms with Crippen molar-refractivity contribution >= 4 is 17.5 Å². The van der Waals surface area contributed by atoms with E-state index in [1.54, 1.807) is 24.3 Å². The number of carbonyl (C=O) groups excluding carboxylic acids is 2. The number of Topliss-reactive ketones (excluding diaryl/α,β-unsaturated/α-hetero) is 1. The van der Waals surface area contributed by atoms with Crippen molar-refractivity contribution in [1.29, 1.82) is 0 Å². The number of ketones is 1. The Bertz CT molecular complexity index is 1240. The van der Waals surface area contributed by atoms with E-state index < -0.39 is 35.2 Å². The van der Waals surface area contributed by atoms with Gasteiger partial charge in [0.25, 0.3) is 5.91 Å². The van der Waals surface area contributed by atoms with Crippen molar-refractivity contribution in [1.82, 2.24) is 4.98 Å². The number of nitrogens with zero attached hydrogens (tertiary/aromatic N) is 2. The maximum absolute atomic E-state index is 13.5. The van der Waals surface area contributed by atoms with Crippen LogP contribution in [0.4, 0.5) is 19.0 Å². The summed E-state index contributed by atoms with van der Waals surface area (Å²) in [6.45, 7) is 6.05. The fourth-order valence-electron chi connectivity index (χ4n) is 4.20. The molecule has 1 aromatic heterocycles. The lowest BCUT2D eigenvalue weighted by Crippen LogP contribution is -2.32. The van der Waals surface area contributed by atoms with E-state index in [4.69, 9.17) is 0 Å². The number of carbonyl (C=O) groups is 2. The topological polar surface area (TPSA) is 70.5 Å². The molecule has 0 fully saturated rings. The summed E-state index contributed by atoms with van der Waals surface area (Å²) < 4.78 is 39.2. The summed E-state index contributed by atoms with van der Waals surface area (Å²) in [5, 5.41) is 10.8. The first kappa shape index (κ1) is 24.4. The number of aliphatic hydroxyl groups is 1. The number of hydrogen-bond donors (Lipinski definition) is 1. The normalized spacial score (nSPS) is 20.6. The highest BCUT2D eigenvalue weighted by Crippen LogP contribution is 2.42. The number of anilines is 1. The van der Waals surface area contributed by atoms with Gasteiger partial charge in [-0.05, 0) is 41.5 Å². The second-order valence-electron chi connectivity index (χ2n) is 9.12. The third kappa shape index (κ3) is 4.65. The minimum Gasteiger partial charge on any atom is -0.503 e. The Labute approximate surface area is 201 Å². The highest BCUT2D eigenvalue weighted by molar-refractivity contribution is 6.21. The van der Waals surface area contributed by atoms with Gasteiger partial charge in [0, 0.05) is 11.8 Å². The van der Waals surface area contributed by atoms with Crippen LogP contribution < -0.4 is 4.90 Å². The van der Waals surface area contributed by atoms with Gasteiger partial charge in [-0.25, -0.2) is 4.98 Å². The van der Waals surface area contributed by atoms with Gasteiger partial charge in [0.1, 0.15) is 5.82 Å². The van der Waals surface area contributed by atoms with E-state index in [0.717, 1.165) is 22.6 Å². The molecular formula is C27H25F3N2O3. The molecule has 5 nitrogen and oxygen atoms in total. The lowest BCUT2D eigenvalue weighted by Gasteiger charge is -2.27. The molecule has 0 spiro atoms. The molecule has 0 bridgehead atoms. The van der Waals surface area contributed by atoms with Crippen LogP contribution in [0.5, 0.6) is 0 Å². The molecule has 1 N–H and O–H groups in total. The summed E-state index contributed by atoms with van der Waals surface area (Å²) >= 11 is 0. The lowest BCUT2D eigenvalue weighted by molar-refractivity contribution is -0.137. The summed E-state index contributed by atoms with van der Waals surface area (Å²) in [7, 11) is 0. The van der Waals surface area contributed by atoms with Crippen LogP contribution in [0, 0.1) is 5.92 Å². The number of halogens is 3. The third-order valence-corrected chi connectivity index (χ3v) is 6.27. The average Bonchev–Trinajstić information content (AvgIpc) is 3.09. The van der Waals surface area contributed by atoms with Crippen molar-refractivity contribution in [2.45, 2.75) is 45.3 Å². The number of alkyl halides is 3. The van der Waals surface area contributed by atoms with E-state index >= 15 is 0 Å². The molecule has 35 heavy (non-hydrogen) atoms. The van der Waals surface area contributed by atoms with Crippen LogP contribution in [0.15, 0.2) is 77.7 Å². The van der Waals surface area contributed by atoms with Gasteiger partial charge in [0.15, 0.2) is 11.5 Å². The maximum Gasteiger partial charge on any atom is 0.417 e. The maximum atomic E-state index is 13.5. The molecule has 1 aliphatic heterocycles. The lowest BCUT2D eigenvalue weighted by atomic mass is 9.88. The van der Waals surface area contributed by atoms with Crippen molar-refractivity contribution in [3.63, 3.8) is 0 Å². The van der Waals surface area contributed by atoms with Crippen molar-refractivity contribution < 1.29 is 27.9 Å². The number of rotatable bonds is 5. The SMILES string of the molecule is CC1C=CC(C(=O)C2=C(O)C(=O)N(c3ccc(C(F)(F)F)cn3)C2c2ccc(C(C)C)cc2)=CC1. The molecule has 2 atom stereocenters. The van der Waals surface area contributed by atoms with E-state index in [1.165, 1.54) is 0 Å². The van der Waals surface area contributed by atoms with Gasteiger partial charge >= 0.3 is 6.18 Å². The summed E-state index contributed by atoms with van der Waals surface area (Å²) in [6, 6.07) is 8.07. The zero-order chi connectivity index (χ0) is 25.5. The summed E-state index contributed by atoms with van der Waals surface area (Å²) in [5.74, 6) is -1.74. The van der Waals surface area contributed by atoms with Crippen molar-refractivity contribution in [2.24, 2.45) is 5.92 Å². The molecule has 0 saturated heterocycles. The van der Waals surface area contributed by atoms with Crippen LogP contribution in [0.3, 0.4) is 0 Å². The number of hydrogen-bond acceptors (Lipinski definition) is 4. The van der Waals surface area contributed by atoms with Crippen LogP contribution in [-0.4, -0.2) is 21.8 Å². The first-order valence-electron chi connectivity index (χ1n) is 11.3. The van der Waals surface area contributed by atoms with E-state index in [-0.39, 0.29) is 23.2 Å². The number of aliphatic hydroxyl groups excluding tert-OH is 1. The smallest absolute Gasteiger partial charge is 0.417 e. The van der Waals surface area contributed by atoms with Crippen molar-refractivity contribution in [3.8, 4) is 0 Å². The molecule has 2 aliphatic rings. The van der Waals surface area contributed by atoms with Gasteiger partial charge in [-0.3, -0.25) is 14.5 Å². The number of pyridine rings is 1. The van der Waals surface area contributed by atoms with Crippen LogP contribution >= 0.6 is 0 Å². The third-order valence-electron chi connectivity index (χ3n) is 6.27. The van der Waals surface area contributed by atoms with Gasteiger partial charge in [0.05, 0.1) is 17.2 Å². The van der Waals surface area contributed by atoms with Gasteiger partial charge in [-0.15, -0.1) is 0 Å². The van der Waals surface area contributed by atoms with Crippen LogP contribution in [0.25, 0.3) is 0 Å². The molecule has 2 unspecified atom stereocenters. The minimum atomic E-state index is -4.59. The van der Waals surface area contributed by atoms with Gasteiger partial charge in [0.2, 0.25) is 0 Å². The second-order valence-corrected chi connectivity index (χ2v) is 9.12. The minimum absolute atomic E-state index is 0.0999. The first-order valence-corrected chi connectivity index (χ1v) is 11.3. The Morgan fingerprint density at radius 2 is 1.83 bits per heavy atom. The first-order chi connectivity index (χ1) is 16.5. The van der Waals surface area contributed by atoms with Crippen molar-refractivity contribution in [3.05, 3.63) is 94.4 Å². The Morgan fingerprint density at radius 1 is 1.14 bits per heavy atom. The monoisotopic (exact) mass is 482 g/mol. The van der Waals surface area contributed by atoms with Crippen LogP contribution in [0.2, 0.25) is 0 Å². The number of amides is 1. The predicted molar refractivity (Wildman–Crippen MR) is 126 cm³/mol. The van der Waals surface area contributed by atoms with Gasteiger partial charge in [-0.2, -0.15) is 13.2 Å². The number of allylic oxidation sites excluding steroid dienone is 4. The molecule has 0 radical (unpaired) electrons. The summed E-state index contributed by atoms with van der Waals surface area (Å²) in [4.78, 5) is 31.6. The molecule has 1 amide bonds. The molecule has 1 aliphatic carbocycles. The van der Waals surface area contributed by atoms with E-state index in [0.29, 0.717) is 23.8 Å². The Kier molecular flexibility index (Phi) is 6.40. The quantitative estimate of drug-likeness (QED) is 0.550. The molecule has 182 valence electrons. The fourth-order valence-corrected chi connectivity index (χ4v) is 4.20. The second kappa shape index (κ2) is 9.17. The molecule has 4 rings (SSSR count). The number of aromatic nitrogens is 1. The average molecular weight is 483 g/mol. The van der Waals surface area contributed by atoms with E-state index in [1.807, 2.05) is 39.0 Å². The largest absolute Gasteiger partial charge is 0.503 e. The molecule has 2 heterocycles. The molecule has 1 aromatic carbocycles. The van der Waals surface area contributed by atoms with E-state index in [9.17, 15) is 27.9 Å². The zero-order valence-electron chi connectivity index (χ0n) is 19.5. The fraction of sp³-hybridized carbons (Fsp3) is 0.296. The van der Waals surface area contributed by atoms with E-state index in [2.05, 4.69) is 4.98 Å². The van der Waals surface area contributed by atoms with Crippen LogP contribution in [-0.2, 0) is 15.8 Å². The molecule has 2 aromatic rings. The highest BCUT2D eigenvalue weighted by Gasteiger charge is 2.45. The Balaban J connectivity index is 1.81. The summed E-state index contributed by atoms with van der Waals surface area (Å²) in [6.07, 6.45) is 1.98. The van der Waals surface area contributed by atoms with Crippen molar-refractivity contribution in [2.75, 3.05) is 4.90 Å². The molecular weight excluding hydrogens is 457 g/mol. The Morgan fingerprint density at radius 3 is 2.34 bits per heavy atom. The van der Waals surface area contributed by atoms with Gasteiger partial charge in [-0.1, -0.05) is 63.3 Å². The zero-order valence-corrected chi connectivity index (χ0v) is 19.5. The predicted octanol–water partition coefficient (Wildman–Crippen LogP) is 6.22.